The Balaban J connectivity index is 1.87. The molecule has 0 spiro atoms. The van der Waals surface area contributed by atoms with E-state index in [0.717, 1.165) is 0 Å². The van der Waals surface area contributed by atoms with Crippen molar-refractivity contribution in [1.82, 2.24) is 9.44 Å². The standard InChI is InChI=1S/C18H22N4O9S2/c23-21(24)17(19-32(27,28)15-7-3-1-4-8-15)11-13-31-14-12-18(22(25)26)20-33(29,30)16-9-5-2-6-10-16/h1-10,17-20H,11-14H2. The zero-order chi connectivity index (χ0) is 24.5. The predicted molar refractivity (Wildman–Crippen MR) is 115 cm³/mol. The van der Waals surface area contributed by atoms with Crippen molar-refractivity contribution in [2.75, 3.05) is 13.2 Å². The van der Waals surface area contributed by atoms with E-state index in [0.29, 0.717) is 0 Å². The molecule has 0 radical (unpaired) electrons. The van der Waals surface area contributed by atoms with Gasteiger partial charge in [0, 0.05) is 9.85 Å². The van der Waals surface area contributed by atoms with E-state index in [2.05, 4.69) is 0 Å². The molecule has 13 nitrogen and oxygen atoms in total. The molecule has 0 saturated heterocycles. The summed E-state index contributed by atoms with van der Waals surface area (Å²) in [6.07, 6.45) is -4.06. The highest BCUT2D eigenvalue weighted by molar-refractivity contribution is 7.89. The number of sulfonamides is 2. The first-order valence-electron chi connectivity index (χ1n) is 9.52. The van der Waals surface area contributed by atoms with Crippen LogP contribution in [-0.4, -0.2) is 52.2 Å². The highest BCUT2D eigenvalue weighted by Crippen LogP contribution is 2.11. The summed E-state index contributed by atoms with van der Waals surface area (Å²) < 4.78 is 58.1. The summed E-state index contributed by atoms with van der Waals surface area (Å²) in [5, 5.41) is 22.4. The molecule has 0 aromatic heterocycles. The number of benzene rings is 2. The van der Waals surface area contributed by atoms with Crippen LogP contribution in [0.3, 0.4) is 0 Å². The van der Waals surface area contributed by atoms with Crippen molar-refractivity contribution in [3.8, 4) is 0 Å². The molecule has 0 aliphatic heterocycles. The number of rotatable bonds is 14. The second-order valence-electron chi connectivity index (χ2n) is 6.66. The molecule has 0 aliphatic carbocycles. The van der Waals surface area contributed by atoms with E-state index in [-0.39, 0.29) is 35.8 Å². The molecule has 33 heavy (non-hydrogen) atoms. The first-order valence-corrected chi connectivity index (χ1v) is 12.5. The van der Waals surface area contributed by atoms with Crippen LogP contribution < -0.4 is 9.44 Å². The molecule has 180 valence electrons. The van der Waals surface area contributed by atoms with Crippen molar-refractivity contribution in [2.24, 2.45) is 0 Å². The Bertz CT molecular complexity index is 1050. The zero-order valence-electron chi connectivity index (χ0n) is 17.1. The molecule has 0 saturated carbocycles. The monoisotopic (exact) mass is 502 g/mol. The molecule has 0 amide bonds. The molecule has 2 unspecified atom stereocenters. The molecule has 2 aromatic carbocycles. The maximum Gasteiger partial charge on any atom is 0.280 e. The first-order chi connectivity index (χ1) is 15.5. The lowest BCUT2D eigenvalue weighted by molar-refractivity contribution is -0.528. The highest BCUT2D eigenvalue weighted by Gasteiger charge is 2.29. The van der Waals surface area contributed by atoms with Gasteiger partial charge in [0.15, 0.2) is 0 Å². The third-order valence-electron chi connectivity index (χ3n) is 4.27. The minimum Gasteiger partial charge on any atom is -0.381 e. The molecule has 2 aromatic rings. The van der Waals surface area contributed by atoms with E-state index in [4.69, 9.17) is 4.74 Å². The number of hydrogen-bond donors (Lipinski definition) is 2. The molecule has 2 atom stereocenters. The molecule has 2 N–H and O–H groups in total. The number of ether oxygens (including phenoxy) is 1. The Morgan fingerprint density at radius 3 is 1.33 bits per heavy atom. The largest absolute Gasteiger partial charge is 0.381 e. The minimum atomic E-state index is -4.13. The van der Waals surface area contributed by atoms with E-state index in [9.17, 15) is 37.1 Å². The Morgan fingerprint density at radius 2 is 1.03 bits per heavy atom. The Hall–Kier alpha value is -2.98. The van der Waals surface area contributed by atoms with Crippen molar-refractivity contribution in [1.29, 1.82) is 0 Å². The second kappa shape index (κ2) is 11.8. The molecule has 0 fully saturated rings. The van der Waals surface area contributed by atoms with Gasteiger partial charge < -0.3 is 4.74 Å². The normalized spacial score (nSPS) is 13.8. The lowest BCUT2D eigenvalue weighted by atomic mass is 10.3. The zero-order valence-corrected chi connectivity index (χ0v) is 18.8. The van der Waals surface area contributed by atoms with E-state index in [1.807, 2.05) is 9.44 Å². The molecule has 0 aliphatic rings. The molecule has 0 heterocycles. The summed E-state index contributed by atoms with van der Waals surface area (Å²) in [7, 11) is -8.26. The van der Waals surface area contributed by atoms with Crippen molar-refractivity contribution < 1.29 is 31.4 Å². The highest BCUT2D eigenvalue weighted by atomic mass is 32.2. The number of nitrogens with zero attached hydrogens (tertiary/aromatic N) is 2. The quantitative estimate of drug-likeness (QED) is 0.164. The van der Waals surface area contributed by atoms with Crippen molar-refractivity contribution in [2.45, 2.75) is 35.0 Å². The van der Waals surface area contributed by atoms with Gasteiger partial charge in [0.05, 0.1) is 35.8 Å². The van der Waals surface area contributed by atoms with E-state index >= 15 is 0 Å². The number of nitro groups is 2. The van der Waals surface area contributed by atoms with Gasteiger partial charge in [-0.1, -0.05) is 36.4 Å². The molecule has 0 bridgehead atoms. The molecular formula is C18H22N4O9S2. The van der Waals surface area contributed by atoms with Crippen molar-refractivity contribution >= 4 is 20.0 Å². The van der Waals surface area contributed by atoms with E-state index < -0.39 is 42.2 Å². The van der Waals surface area contributed by atoms with Gasteiger partial charge >= 0.3 is 0 Å². The molecule has 15 heteroatoms. The Labute approximate surface area is 190 Å². The fraction of sp³-hybridized carbons (Fsp3) is 0.333. The van der Waals surface area contributed by atoms with E-state index in [1.165, 1.54) is 48.5 Å². The summed E-state index contributed by atoms with van der Waals surface area (Å²) in [5.74, 6) is 0. The second-order valence-corrected chi connectivity index (χ2v) is 10.1. The SMILES string of the molecule is O=[N+]([O-])C(CCOCCC(NS(=O)(=O)c1ccccc1)[N+](=O)[O-])NS(=O)(=O)c1ccccc1. The van der Waals surface area contributed by atoms with Gasteiger partial charge in [0.2, 0.25) is 20.0 Å². The van der Waals surface area contributed by atoms with Crippen molar-refractivity contribution in [3.63, 3.8) is 0 Å². The third-order valence-corrected chi connectivity index (χ3v) is 7.22. The van der Waals surface area contributed by atoms with Crippen LogP contribution in [0.25, 0.3) is 0 Å². The Morgan fingerprint density at radius 1 is 0.697 bits per heavy atom. The summed E-state index contributed by atoms with van der Waals surface area (Å²) in [6.45, 7) is -0.586. The van der Waals surface area contributed by atoms with Gasteiger partial charge in [-0.15, -0.1) is 9.44 Å². The maximum absolute atomic E-state index is 12.3. The van der Waals surface area contributed by atoms with Crippen LogP contribution in [0.15, 0.2) is 70.5 Å². The van der Waals surface area contributed by atoms with Gasteiger partial charge in [0.1, 0.15) is 0 Å². The van der Waals surface area contributed by atoms with Crippen LogP contribution in [-0.2, 0) is 24.8 Å². The predicted octanol–water partition coefficient (Wildman–Crippen LogP) is 0.946. The number of nitrogens with one attached hydrogen (secondary N) is 2. The summed E-state index contributed by atoms with van der Waals surface area (Å²) >= 11 is 0. The fourth-order valence-corrected chi connectivity index (χ4v) is 5.03. The van der Waals surface area contributed by atoms with Crippen LogP contribution in [0, 0.1) is 20.2 Å². The maximum atomic E-state index is 12.3. The summed E-state index contributed by atoms with van der Waals surface area (Å²) in [6, 6.07) is 14.2. The average molecular weight is 503 g/mol. The molecular weight excluding hydrogens is 480 g/mol. The van der Waals surface area contributed by atoms with Crippen LogP contribution in [0.4, 0.5) is 0 Å². The van der Waals surface area contributed by atoms with Gasteiger partial charge in [0.25, 0.3) is 12.3 Å². The fourth-order valence-electron chi connectivity index (χ4n) is 2.60. The van der Waals surface area contributed by atoms with Gasteiger partial charge in [-0.2, -0.15) is 0 Å². The topological polar surface area (TPSA) is 188 Å². The smallest absolute Gasteiger partial charge is 0.280 e. The molecule has 2 rings (SSSR count). The minimum absolute atomic E-state index is 0.141. The van der Waals surface area contributed by atoms with Gasteiger partial charge in [-0.25, -0.2) is 16.8 Å². The van der Waals surface area contributed by atoms with E-state index in [1.54, 1.807) is 12.1 Å². The first kappa shape index (κ1) is 26.3. The third kappa shape index (κ3) is 8.14. The number of hydrogen-bond acceptors (Lipinski definition) is 9. The van der Waals surface area contributed by atoms with Crippen LogP contribution in [0.5, 0.6) is 0 Å². The average Bonchev–Trinajstić information content (AvgIpc) is 2.78. The summed E-state index contributed by atoms with van der Waals surface area (Å²) in [4.78, 5) is 20.5. The van der Waals surface area contributed by atoms with Gasteiger partial charge in [-0.05, 0) is 24.3 Å². The summed E-state index contributed by atoms with van der Waals surface area (Å²) in [5.41, 5.74) is 0. The van der Waals surface area contributed by atoms with Gasteiger partial charge in [-0.3, -0.25) is 20.2 Å². The van der Waals surface area contributed by atoms with Crippen molar-refractivity contribution in [3.05, 3.63) is 80.9 Å². The Kier molecular flexibility index (Phi) is 9.36. The van der Waals surface area contributed by atoms with Crippen LogP contribution in [0.1, 0.15) is 12.8 Å². The lowest BCUT2D eigenvalue weighted by Gasteiger charge is -2.14. The lowest BCUT2D eigenvalue weighted by Crippen LogP contribution is -2.42. The van der Waals surface area contributed by atoms with Crippen LogP contribution >= 0.6 is 0 Å². The van der Waals surface area contributed by atoms with Crippen LogP contribution in [0.2, 0.25) is 0 Å².